The van der Waals surface area contributed by atoms with E-state index in [9.17, 15) is 14.7 Å². The van der Waals surface area contributed by atoms with Crippen LogP contribution in [-0.2, 0) is 14.3 Å². The average Bonchev–Trinajstić information content (AvgIpc) is 2.40. The molecule has 1 aromatic rings. The molecule has 0 fully saturated rings. The van der Waals surface area contributed by atoms with Gasteiger partial charge in [0.05, 0.1) is 18.2 Å². The third-order valence-electron chi connectivity index (χ3n) is 2.56. The summed E-state index contributed by atoms with van der Waals surface area (Å²) in [5, 5.41) is 12.2. The highest BCUT2D eigenvalue weighted by Gasteiger charge is 2.18. The maximum atomic E-state index is 11.6. The zero-order valence-electron chi connectivity index (χ0n) is 10.8. The van der Waals surface area contributed by atoms with Crippen molar-refractivity contribution in [3.05, 3.63) is 23.8 Å². The zero-order chi connectivity index (χ0) is 14.4. The standard InChI is InChI=1S/C13H16ClNO4/c1-3-19-13(18)8(2)9-4-5-10(11(16)6-9)15-12(17)7-14/h4-6,8,16H,3,7H2,1-2H3,(H,15,17). The molecule has 6 heteroatoms. The molecule has 1 amide bonds. The van der Waals surface area contributed by atoms with Crippen molar-refractivity contribution in [2.75, 3.05) is 17.8 Å². The molecule has 5 nitrogen and oxygen atoms in total. The number of esters is 1. The van der Waals surface area contributed by atoms with Crippen LogP contribution in [0.5, 0.6) is 5.75 Å². The summed E-state index contributed by atoms with van der Waals surface area (Å²) < 4.78 is 4.90. The molecule has 1 aromatic carbocycles. The number of halogens is 1. The van der Waals surface area contributed by atoms with Crippen molar-refractivity contribution in [2.24, 2.45) is 0 Å². The Balaban J connectivity index is 2.87. The van der Waals surface area contributed by atoms with Crippen molar-refractivity contribution in [3.63, 3.8) is 0 Å². The Morgan fingerprint density at radius 2 is 2.16 bits per heavy atom. The van der Waals surface area contributed by atoms with Crippen LogP contribution < -0.4 is 5.32 Å². The number of amides is 1. The summed E-state index contributed by atoms with van der Waals surface area (Å²) in [5.41, 5.74) is 0.866. The van der Waals surface area contributed by atoms with Crippen LogP contribution in [0.15, 0.2) is 18.2 Å². The van der Waals surface area contributed by atoms with Gasteiger partial charge in [0.2, 0.25) is 5.91 Å². The van der Waals surface area contributed by atoms with Crippen molar-refractivity contribution >= 4 is 29.2 Å². The van der Waals surface area contributed by atoms with Gasteiger partial charge in [0, 0.05) is 0 Å². The minimum Gasteiger partial charge on any atom is -0.506 e. The van der Waals surface area contributed by atoms with Crippen LogP contribution in [-0.4, -0.2) is 29.5 Å². The van der Waals surface area contributed by atoms with Gasteiger partial charge in [-0.1, -0.05) is 6.07 Å². The first-order valence-corrected chi connectivity index (χ1v) is 6.38. The van der Waals surface area contributed by atoms with Gasteiger partial charge in [-0.2, -0.15) is 0 Å². The number of hydrogen-bond acceptors (Lipinski definition) is 4. The lowest BCUT2D eigenvalue weighted by atomic mass is 10.0. The van der Waals surface area contributed by atoms with E-state index in [1.165, 1.54) is 12.1 Å². The number of benzene rings is 1. The van der Waals surface area contributed by atoms with Gasteiger partial charge < -0.3 is 15.2 Å². The fourth-order valence-corrected chi connectivity index (χ4v) is 1.58. The molecule has 0 aliphatic heterocycles. The van der Waals surface area contributed by atoms with Crippen molar-refractivity contribution in [1.82, 2.24) is 0 Å². The van der Waals surface area contributed by atoms with Crippen LogP contribution in [0, 0.1) is 0 Å². The summed E-state index contributed by atoms with van der Waals surface area (Å²) in [5.74, 6) is -1.57. The number of carbonyl (C=O) groups is 2. The van der Waals surface area contributed by atoms with Gasteiger partial charge in [0.15, 0.2) is 0 Å². The molecule has 2 N–H and O–H groups in total. The third-order valence-corrected chi connectivity index (χ3v) is 2.80. The van der Waals surface area contributed by atoms with Crippen LogP contribution >= 0.6 is 11.6 Å². The second kappa shape index (κ2) is 6.99. The Morgan fingerprint density at radius 3 is 2.68 bits per heavy atom. The normalized spacial score (nSPS) is 11.7. The second-order valence-electron chi connectivity index (χ2n) is 3.93. The molecule has 1 unspecified atom stereocenters. The van der Waals surface area contributed by atoms with Gasteiger partial charge in [-0.15, -0.1) is 11.6 Å². The lowest BCUT2D eigenvalue weighted by Crippen LogP contribution is -2.14. The lowest BCUT2D eigenvalue weighted by Gasteiger charge is -2.13. The molecule has 0 heterocycles. The monoisotopic (exact) mass is 285 g/mol. The van der Waals surface area contributed by atoms with Crippen molar-refractivity contribution in [1.29, 1.82) is 0 Å². The summed E-state index contributed by atoms with van der Waals surface area (Å²) in [7, 11) is 0. The number of aromatic hydroxyl groups is 1. The van der Waals surface area contributed by atoms with E-state index < -0.39 is 11.8 Å². The molecule has 0 bridgehead atoms. The number of alkyl halides is 1. The molecule has 0 aliphatic carbocycles. The number of phenols is 1. The van der Waals surface area contributed by atoms with E-state index in [2.05, 4.69) is 5.32 Å². The number of nitrogens with one attached hydrogen (secondary N) is 1. The fourth-order valence-electron chi connectivity index (χ4n) is 1.51. The molecule has 0 aromatic heterocycles. The first kappa shape index (κ1) is 15.3. The fraction of sp³-hybridized carbons (Fsp3) is 0.385. The average molecular weight is 286 g/mol. The smallest absolute Gasteiger partial charge is 0.313 e. The molecule has 0 radical (unpaired) electrons. The Kier molecular flexibility index (Phi) is 5.63. The number of hydrogen-bond donors (Lipinski definition) is 2. The van der Waals surface area contributed by atoms with Gasteiger partial charge in [0.25, 0.3) is 0 Å². The maximum absolute atomic E-state index is 11.6. The van der Waals surface area contributed by atoms with Crippen molar-refractivity contribution in [3.8, 4) is 5.75 Å². The minimum absolute atomic E-state index is 0.118. The van der Waals surface area contributed by atoms with E-state index in [0.717, 1.165) is 0 Å². The van der Waals surface area contributed by atoms with E-state index >= 15 is 0 Å². The van der Waals surface area contributed by atoms with Gasteiger partial charge in [-0.05, 0) is 31.5 Å². The first-order valence-electron chi connectivity index (χ1n) is 5.85. The zero-order valence-corrected chi connectivity index (χ0v) is 11.5. The molecule has 0 saturated heterocycles. The van der Waals surface area contributed by atoms with Crippen LogP contribution in [0.1, 0.15) is 25.3 Å². The SMILES string of the molecule is CCOC(=O)C(C)c1ccc(NC(=O)CCl)c(O)c1. The summed E-state index contributed by atoms with van der Waals surface area (Å²) >= 11 is 5.36. The van der Waals surface area contributed by atoms with Gasteiger partial charge in [-0.25, -0.2) is 0 Å². The van der Waals surface area contributed by atoms with Gasteiger partial charge >= 0.3 is 5.97 Å². The van der Waals surface area contributed by atoms with E-state index in [0.29, 0.717) is 12.2 Å². The quantitative estimate of drug-likeness (QED) is 0.494. The molecular weight excluding hydrogens is 270 g/mol. The Morgan fingerprint density at radius 1 is 1.47 bits per heavy atom. The minimum atomic E-state index is -0.483. The van der Waals surface area contributed by atoms with E-state index in [4.69, 9.17) is 16.3 Å². The topological polar surface area (TPSA) is 75.6 Å². The number of phenolic OH excluding ortho intramolecular Hbond substituents is 1. The maximum Gasteiger partial charge on any atom is 0.313 e. The molecule has 0 aliphatic rings. The molecule has 104 valence electrons. The Bertz CT molecular complexity index is 476. The Labute approximate surface area is 116 Å². The van der Waals surface area contributed by atoms with Crippen LogP contribution in [0.25, 0.3) is 0 Å². The number of anilines is 1. The number of carbonyl (C=O) groups excluding carboxylic acids is 2. The molecule has 1 rings (SSSR count). The van der Waals surface area contributed by atoms with E-state index in [1.807, 2.05) is 0 Å². The summed E-state index contributed by atoms with van der Waals surface area (Å²) in [4.78, 5) is 22.7. The van der Waals surface area contributed by atoms with E-state index in [-0.39, 0.29) is 23.3 Å². The van der Waals surface area contributed by atoms with Crippen LogP contribution in [0.4, 0.5) is 5.69 Å². The number of ether oxygens (including phenoxy) is 1. The Hall–Kier alpha value is -1.75. The van der Waals surface area contributed by atoms with Gasteiger partial charge in [-0.3, -0.25) is 9.59 Å². The lowest BCUT2D eigenvalue weighted by molar-refractivity contribution is -0.144. The van der Waals surface area contributed by atoms with Crippen LogP contribution in [0.3, 0.4) is 0 Å². The highest BCUT2D eigenvalue weighted by Crippen LogP contribution is 2.28. The highest BCUT2D eigenvalue weighted by atomic mass is 35.5. The predicted molar refractivity (Wildman–Crippen MR) is 72.5 cm³/mol. The van der Waals surface area contributed by atoms with Crippen molar-refractivity contribution < 1.29 is 19.4 Å². The first-order chi connectivity index (χ1) is 8.99. The second-order valence-corrected chi connectivity index (χ2v) is 4.20. The number of rotatable bonds is 5. The molecular formula is C13H16ClNO4. The third kappa shape index (κ3) is 4.13. The summed E-state index contributed by atoms with van der Waals surface area (Å²) in [6, 6.07) is 4.58. The summed E-state index contributed by atoms with van der Waals surface area (Å²) in [6.45, 7) is 3.72. The molecule has 0 spiro atoms. The highest BCUT2D eigenvalue weighted by molar-refractivity contribution is 6.29. The summed E-state index contributed by atoms with van der Waals surface area (Å²) in [6.07, 6.45) is 0. The van der Waals surface area contributed by atoms with Crippen molar-refractivity contribution in [2.45, 2.75) is 19.8 Å². The largest absolute Gasteiger partial charge is 0.506 e. The van der Waals surface area contributed by atoms with Crippen LogP contribution in [0.2, 0.25) is 0 Å². The van der Waals surface area contributed by atoms with Gasteiger partial charge in [0.1, 0.15) is 11.6 Å². The molecule has 1 atom stereocenters. The predicted octanol–water partition coefficient (Wildman–Crippen LogP) is 2.24. The molecule has 0 saturated carbocycles. The van der Waals surface area contributed by atoms with E-state index in [1.54, 1.807) is 19.9 Å². The molecule has 19 heavy (non-hydrogen) atoms.